The summed E-state index contributed by atoms with van der Waals surface area (Å²) in [5.41, 5.74) is 0.536. The summed E-state index contributed by atoms with van der Waals surface area (Å²) in [6.45, 7) is 11.8. The molecule has 2 heteroatoms. The van der Waals surface area contributed by atoms with Gasteiger partial charge in [0.05, 0.1) is 0 Å². The van der Waals surface area contributed by atoms with E-state index in [-0.39, 0.29) is 0 Å². The molecule has 19 heavy (non-hydrogen) atoms. The molecule has 0 aromatic rings. The Balaban J connectivity index is 2.56. The van der Waals surface area contributed by atoms with Crippen LogP contribution in [0.2, 0.25) is 0 Å². The quantitative estimate of drug-likeness (QED) is 0.671. The van der Waals surface area contributed by atoms with Gasteiger partial charge in [-0.25, -0.2) is 0 Å². The molecule has 0 radical (unpaired) electrons. The lowest BCUT2D eigenvalue weighted by Gasteiger charge is -2.37. The predicted octanol–water partition coefficient (Wildman–Crippen LogP) is 3.91. The molecule has 0 saturated heterocycles. The lowest BCUT2D eigenvalue weighted by Crippen LogP contribution is -2.43. The molecular weight excluding hydrogens is 232 g/mol. The van der Waals surface area contributed by atoms with Crippen molar-refractivity contribution in [2.45, 2.75) is 65.7 Å². The molecule has 1 unspecified atom stereocenters. The molecule has 1 saturated carbocycles. The summed E-state index contributed by atoms with van der Waals surface area (Å²) >= 11 is 0. The van der Waals surface area contributed by atoms with Gasteiger partial charge in [0.15, 0.2) is 0 Å². The van der Waals surface area contributed by atoms with Gasteiger partial charge in [-0.2, -0.15) is 0 Å². The van der Waals surface area contributed by atoms with E-state index in [1.165, 1.54) is 64.6 Å². The fraction of sp³-hybridized carbons (Fsp3) is 1.00. The van der Waals surface area contributed by atoms with Gasteiger partial charge < -0.3 is 10.2 Å². The number of hydrogen-bond acceptors (Lipinski definition) is 2. The Morgan fingerprint density at radius 1 is 1.11 bits per heavy atom. The zero-order valence-electron chi connectivity index (χ0n) is 13.8. The molecule has 1 fully saturated rings. The van der Waals surface area contributed by atoms with Gasteiger partial charge in [-0.05, 0) is 37.8 Å². The second-order valence-corrected chi connectivity index (χ2v) is 6.90. The normalized spacial score (nSPS) is 21.3. The minimum absolute atomic E-state index is 0.536. The van der Waals surface area contributed by atoms with E-state index in [2.05, 4.69) is 38.0 Å². The molecule has 0 aromatic heterocycles. The lowest BCUT2D eigenvalue weighted by molar-refractivity contribution is 0.135. The van der Waals surface area contributed by atoms with Gasteiger partial charge in [-0.3, -0.25) is 0 Å². The first-order valence-corrected chi connectivity index (χ1v) is 8.51. The third kappa shape index (κ3) is 6.27. The van der Waals surface area contributed by atoms with E-state index in [4.69, 9.17) is 0 Å². The van der Waals surface area contributed by atoms with Crippen molar-refractivity contribution >= 4 is 0 Å². The summed E-state index contributed by atoms with van der Waals surface area (Å²) in [7, 11) is 2.32. The van der Waals surface area contributed by atoms with Crippen LogP contribution in [0.25, 0.3) is 0 Å². The largest absolute Gasteiger partial charge is 0.316 e. The molecular formula is C17H36N2. The van der Waals surface area contributed by atoms with Crippen molar-refractivity contribution in [2.75, 3.05) is 33.2 Å². The van der Waals surface area contributed by atoms with Crippen molar-refractivity contribution in [3.63, 3.8) is 0 Å². The second kappa shape index (κ2) is 8.97. The first-order valence-electron chi connectivity index (χ1n) is 8.51. The average molecular weight is 268 g/mol. The van der Waals surface area contributed by atoms with Crippen LogP contribution in [0.15, 0.2) is 0 Å². The summed E-state index contributed by atoms with van der Waals surface area (Å²) in [6, 6.07) is 0. The van der Waals surface area contributed by atoms with Crippen molar-refractivity contribution in [3.8, 4) is 0 Å². The van der Waals surface area contributed by atoms with Crippen LogP contribution >= 0.6 is 0 Å². The molecule has 0 amide bonds. The van der Waals surface area contributed by atoms with Gasteiger partial charge in [0.2, 0.25) is 0 Å². The zero-order chi connectivity index (χ0) is 14.1. The van der Waals surface area contributed by atoms with Crippen molar-refractivity contribution in [2.24, 2.45) is 11.3 Å². The number of nitrogens with zero attached hydrogens (tertiary/aromatic N) is 1. The first kappa shape index (κ1) is 17.0. The van der Waals surface area contributed by atoms with Crippen LogP contribution in [-0.4, -0.2) is 38.1 Å². The van der Waals surface area contributed by atoms with Crippen LogP contribution in [0.4, 0.5) is 0 Å². The van der Waals surface area contributed by atoms with Crippen molar-refractivity contribution in [1.29, 1.82) is 0 Å². The smallest absolute Gasteiger partial charge is 0.00472 e. The van der Waals surface area contributed by atoms with Crippen LogP contribution in [0.5, 0.6) is 0 Å². The Morgan fingerprint density at radius 2 is 1.74 bits per heavy atom. The SMILES string of the molecule is CCNCC1(CN(C)CC(C)CC)CCCCCC1. The van der Waals surface area contributed by atoms with Crippen LogP contribution in [0.3, 0.4) is 0 Å². The molecule has 1 aliphatic carbocycles. The van der Waals surface area contributed by atoms with Gasteiger partial charge in [0, 0.05) is 19.6 Å². The number of rotatable bonds is 8. The Labute approximate surface area is 121 Å². The third-order valence-electron chi connectivity index (χ3n) is 4.84. The van der Waals surface area contributed by atoms with E-state index in [1.807, 2.05) is 0 Å². The Kier molecular flexibility index (Phi) is 8.01. The summed E-state index contributed by atoms with van der Waals surface area (Å²) in [5, 5.41) is 3.63. The highest BCUT2D eigenvalue weighted by atomic mass is 15.1. The molecule has 0 spiro atoms. The minimum Gasteiger partial charge on any atom is -0.316 e. The van der Waals surface area contributed by atoms with Crippen molar-refractivity contribution < 1.29 is 0 Å². The molecule has 0 heterocycles. The van der Waals surface area contributed by atoms with E-state index >= 15 is 0 Å². The fourth-order valence-corrected chi connectivity index (χ4v) is 3.56. The maximum Gasteiger partial charge on any atom is 0.00472 e. The molecule has 0 bridgehead atoms. The van der Waals surface area contributed by atoms with Gasteiger partial charge >= 0.3 is 0 Å². The predicted molar refractivity (Wildman–Crippen MR) is 85.6 cm³/mol. The van der Waals surface area contributed by atoms with Crippen LogP contribution in [-0.2, 0) is 0 Å². The molecule has 2 nitrogen and oxygen atoms in total. The summed E-state index contributed by atoms with van der Waals surface area (Å²) in [4.78, 5) is 2.59. The van der Waals surface area contributed by atoms with E-state index in [0.29, 0.717) is 5.41 Å². The van der Waals surface area contributed by atoms with Crippen LogP contribution < -0.4 is 5.32 Å². The van der Waals surface area contributed by atoms with Crippen LogP contribution in [0.1, 0.15) is 65.7 Å². The second-order valence-electron chi connectivity index (χ2n) is 6.90. The third-order valence-corrected chi connectivity index (χ3v) is 4.84. The maximum atomic E-state index is 3.63. The highest BCUT2D eigenvalue weighted by Crippen LogP contribution is 2.35. The highest BCUT2D eigenvalue weighted by Gasteiger charge is 2.31. The Hall–Kier alpha value is -0.0800. The van der Waals surface area contributed by atoms with Gasteiger partial charge in [0.1, 0.15) is 0 Å². The molecule has 1 aliphatic rings. The fourth-order valence-electron chi connectivity index (χ4n) is 3.56. The zero-order valence-corrected chi connectivity index (χ0v) is 13.8. The van der Waals surface area contributed by atoms with Crippen molar-refractivity contribution in [1.82, 2.24) is 10.2 Å². The molecule has 114 valence electrons. The van der Waals surface area contributed by atoms with E-state index in [1.54, 1.807) is 0 Å². The van der Waals surface area contributed by atoms with E-state index < -0.39 is 0 Å². The van der Waals surface area contributed by atoms with E-state index in [9.17, 15) is 0 Å². The summed E-state index contributed by atoms with van der Waals surface area (Å²) < 4.78 is 0. The number of nitrogens with one attached hydrogen (secondary N) is 1. The highest BCUT2D eigenvalue weighted by molar-refractivity contribution is 4.86. The van der Waals surface area contributed by atoms with Gasteiger partial charge in [-0.15, -0.1) is 0 Å². The molecule has 0 aromatic carbocycles. The molecule has 0 aliphatic heterocycles. The Bertz CT molecular complexity index is 219. The average Bonchev–Trinajstić information content (AvgIpc) is 2.62. The molecule has 1 N–H and O–H groups in total. The van der Waals surface area contributed by atoms with Crippen LogP contribution in [0, 0.1) is 11.3 Å². The maximum absolute atomic E-state index is 3.63. The van der Waals surface area contributed by atoms with Gasteiger partial charge in [0.25, 0.3) is 0 Å². The minimum atomic E-state index is 0.536. The first-order chi connectivity index (χ1) is 9.12. The molecule has 1 rings (SSSR count). The topological polar surface area (TPSA) is 15.3 Å². The summed E-state index contributed by atoms with van der Waals surface area (Å²) in [5.74, 6) is 0.826. The van der Waals surface area contributed by atoms with Crippen molar-refractivity contribution in [3.05, 3.63) is 0 Å². The molecule has 1 atom stereocenters. The van der Waals surface area contributed by atoms with E-state index in [0.717, 1.165) is 12.5 Å². The standard InChI is InChI=1S/C17H36N2/c1-5-16(3)13-19(4)15-17(14-18-6-2)11-9-7-8-10-12-17/h16,18H,5-15H2,1-4H3. The number of hydrogen-bond donors (Lipinski definition) is 1. The Morgan fingerprint density at radius 3 is 2.26 bits per heavy atom. The van der Waals surface area contributed by atoms with Gasteiger partial charge in [-0.1, -0.05) is 52.9 Å². The summed E-state index contributed by atoms with van der Waals surface area (Å²) in [6.07, 6.45) is 9.90. The monoisotopic (exact) mass is 268 g/mol. The lowest BCUT2D eigenvalue weighted by atomic mass is 9.79.